The van der Waals surface area contributed by atoms with Crippen LogP contribution in [0.1, 0.15) is 40.5 Å². The Kier molecular flexibility index (Phi) is 6.40. The molecule has 0 saturated carbocycles. The summed E-state index contributed by atoms with van der Waals surface area (Å²) in [5.74, 6) is -2.55. The number of ether oxygens (including phenoxy) is 1. The molecule has 0 heterocycles. The minimum atomic E-state index is -1.27. The summed E-state index contributed by atoms with van der Waals surface area (Å²) in [6.07, 6.45) is 0.975. The van der Waals surface area contributed by atoms with Gasteiger partial charge in [0.25, 0.3) is 0 Å². The summed E-state index contributed by atoms with van der Waals surface area (Å²) in [5.41, 5.74) is 0. The third-order valence-corrected chi connectivity index (χ3v) is 2.39. The Labute approximate surface area is 96.6 Å². The minimum Gasteiger partial charge on any atom is -0.462 e. The van der Waals surface area contributed by atoms with Gasteiger partial charge in [-0.1, -0.05) is 13.8 Å². The highest BCUT2D eigenvalue weighted by atomic mass is 16.5. The molecule has 0 fully saturated rings. The second-order valence-corrected chi connectivity index (χ2v) is 3.96. The first-order valence-corrected chi connectivity index (χ1v) is 5.61. The molecule has 0 aromatic carbocycles. The van der Waals surface area contributed by atoms with Crippen LogP contribution in [-0.4, -0.2) is 17.9 Å². The normalized spacial score (nSPS) is 12.3. The molecule has 0 bridgehead atoms. The average molecular weight is 225 g/mol. The molecule has 16 heavy (non-hydrogen) atoms. The van der Waals surface area contributed by atoms with Gasteiger partial charge >= 0.3 is 5.97 Å². The zero-order valence-corrected chi connectivity index (χ0v) is 10.3. The number of rotatable bonds is 6. The van der Waals surface area contributed by atoms with E-state index in [0.717, 1.165) is 0 Å². The molecule has 0 amide bonds. The van der Waals surface area contributed by atoms with Crippen molar-refractivity contribution in [3.8, 4) is 6.07 Å². The fourth-order valence-corrected chi connectivity index (χ4v) is 1.46. The van der Waals surface area contributed by atoms with E-state index < -0.39 is 11.9 Å². The SMILES string of the molecule is CCC(CC)C(=O)C(C#N)C(=O)OC(C)C. The van der Waals surface area contributed by atoms with Crippen LogP contribution >= 0.6 is 0 Å². The van der Waals surface area contributed by atoms with Crippen molar-refractivity contribution in [3.63, 3.8) is 0 Å². The van der Waals surface area contributed by atoms with E-state index in [2.05, 4.69) is 0 Å². The van der Waals surface area contributed by atoms with Gasteiger partial charge in [-0.2, -0.15) is 5.26 Å². The highest BCUT2D eigenvalue weighted by Gasteiger charge is 2.32. The van der Waals surface area contributed by atoms with E-state index in [4.69, 9.17) is 10.00 Å². The van der Waals surface area contributed by atoms with Crippen LogP contribution in [0.4, 0.5) is 0 Å². The maximum Gasteiger partial charge on any atom is 0.331 e. The maximum atomic E-state index is 11.8. The molecule has 1 unspecified atom stereocenters. The third-order valence-electron chi connectivity index (χ3n) is 2.39. The van der Waals surface area contributed by atoms with Crippen LogP contribution < -0.4 is 0 Å². The zero-order chi connectivity index (χ0) is 12.7. The summed E-state index contributed by atoms with van der Waals surface area (Å²) >= 11 is 0. The molecule has 4 heteroatoms. The van der Waals surface area contributed by atoms with Gasteiger partial charge in [-0.25, -0.2) is 0 Å². The lowest BCUT2D eigenvalue weighted by Gasteiger charge is -2.15. The van der Waals surface area contributed by atoms with E-state index in [1.54, 1.807) is 19.9 Å². The monoisotopic (exact) mass is 225 g/mol. The summed E-state index contributed by atoms with van der Waals surface area (Å²) in [7, 11) is 0. The molecule has 0 aliphatic carbocycles. The van der Waals surface area contributed by atoms with Crippen molar-refractivity contribution in [1.29, 1.82) is 5.26 Å². The second-order valence-electron chi connectivity index (χ2n) is 3.96. The average Bonchev–Trinajstić information content (AvgIpc) is 2.19. The van der Waals surface area contributed by atoms with Gasteiger partial charge in [-0.3, -0.25) is 9.59 Å². The van der Waals surface area contributed by atoms with E-state index in [0.29, 0.717) is 12.8 Å². The number of nitriles is 1. The topological polar surface area (TPSA) is 67.2 Å². The van der Waals surface area contributed by atoms with Crippen LogP contribution in [0.15, 0.2) is 0 Å². The van der Waals surface area contributed by atoms with Crippen LogP contribution in [0.3, 0.4) is 0 Å². The highest BCUT2D eigenvalue weighted by Crippen LogP contribution is 2.16. The van der Waals surface area contributed by atoms with Gasteiger partial charge in [0.1, 0.15) is 0 Å². The molecule has 0 aromatic rings. The van der Waals surface area contributed by atoms with Gasteiger partial charge in [0.2, 0.25) is 5.92 Å². The van der Waals surface area contributed by atoms with Gasteiger partial charge in [0, 0.05) is 5.92 Å². The van der Waals surface area contributed by atoms with Crippen molar-refractivity contribution < 1.29 is 14.3 Å². The first-order chi connectivity index (χ1) is 7.47. The summed E-state index contributed by atoms with van der Waals surface area (Å²) in [6.45, 7) is 7.12. The molecule has 0 radical (unpaired) electrons. The molecule has 0 aliphatic rings. The second kappa shape index (κ2) is 7.00. The number of carbonyl (C=O) groups is 2. The molecular formula is C12H19NO3. The van der Waals surface area contributed by atoms with E-state index in [9.17, 15) is 9.59 Å². The molecule has 0 spiro atoms. The Morgan fingerprint density at radius 1 is 1.25 bits per heavy atom. The molecule has 90 valence electrons. The highest BCUT2D eigenvalue weighted by molar-refractivity contribution is 6.02. The van der Waals surface area contributed by atoms with Crippen LogP contribution in [0.5, 0.6) is 0 Å². The van der Waals surface area contributed by atoms with Gasteiger partial charge in [0.15, 0.2) is 5.78 Å². The maximum absolute atomic E-state index is 11.8. The molecule has 0 aromatic heterocycles. The van der Waals surface area contributed by atoms with Gasteiger partial charge in [0.05, 0.1) is 12.2 Å². The van der Waals surface area contributed by atoms with E-state index in [1.165, 1.54) is 0 Å². The van der Waals surface area contributed by atoms with Gasteiger partial charge < -0.3 is 4.74 Å². The molecular weight excluding hydrogens is 206 g/mol. The number of esters is 1. The van der Waals surface area contributed by atoms with Crippen molar-refractivity contribution in [1.82, 2.24) is 0 Å². The van der Waals surface area contributed by atoms with Crippen LogP contribution in [0.2, 0.25) is 0 Å². The molecule has 1 atom stereocenters. The number of ketones is 1. The predicted octanol–water partition coefficient (Wildman–Crippen LogP) is 2.08. The number of Topliss-reactive ketones (excluding diaryl/α,β-unsaturated/α-hetero) is 1. The third kappa shape index (κ3) is 4.01. The molecule has 0 aliphatic heterocycles. The molecule has 0 saturated heterocycles. The Morgan fingerprint density at radius 3 is 2.06 bits per heavy atom. The number of hydrogen-bond acceptors (Lipinski definition) is 4. The zero-order valence-electron chi connectivity index (χ0n) is 10.3. The molecule has 4 nitrogen and oxygen atoms in total. The standard InChI is InChI=1S/C12H19NO3/c1-5-9(6-2)11(14)10(7-13)12(15)16-8(3)4/h8-10H,5-6H2,1-4H3. The van der Waals surface area contributed by atoms with Crippen molar-refractivity contribution in [3.05, 3.63) is 0 Å². The van der Waals surface area contributed by atoms with E-state index in [1.807, 2.05) is 13.8 Å². The van der Waals surface area contributed by atoms with Gasteiger partial charge in [-0.05, 0) is 26.7 Å². The quantitative estimate of drug-likeness (QED) is 0.512. The Bertz CT molecular complexity index is 287. The number of carbonyl (C=O) groups excluding carboxylic acids is 2. The summed E-state index contributed by atoms with van der Waals surface area (Å²) in [4.78, 5) is 23.3. The van der Waals surface area contributed by atoms with E-state index >= 15 is 0 Å². The van der Waals surface area contributed by atoms with Crippen molar-refractivity contribution >= 4 is 11.8 Å². The lowest BCUT2D eigenvalue weighted by atomic mass is 9.90. The summed E-state index contributed by atoms with van der Waals surface area (Å²) in [6, 6.07) is 1.73. The van der Waals surface area contributed by atoms with Gasteiger partial charge in [-0.15, -0.1) is 0 Å². The van der Waals surface area contributed by atoms with E-state index in [-0.39, 0.29) is 17.8 Å². The Balaban J connectivity index is 4.68. The van der Waals surface area contributed by atoms with Crippen LogP contribution in [0.25, 0.3) is 0 Å². The molecule has 0 N–H and O–H groups in total. The fraction of sp³-hybridized carbons (Fsp3) is 0.750. The first kappa shape index (κ1) is 14.6. The summed E-state index contributed by atoms with van der Waals surface area (Å²) < 4.78 is 4.88. The first-order valence-electron chi connectivity index (χ1n) is 5.61. The predicted molar refractivity (Wildman–Crippen MR) is 59.4 cm³/mol. The number of hydrogen-bond donors (Lipinski definition) is 0. The van der Waals surface area contributed by atoms with Crippen molar-refractivity contribution in [2.45, 2.75) is 46.6 Å². The van der Waals surface area contributed by atoms with Crippen molar-refractivity contribution in [2.24, 2.45) is 11.8 Å². The lowest BCUT2D eigenvalue weighted by molar-refractivity contribution is -0.153. The van der Waals surface area contributed by atoms with Crippen molar-refractivity contribution in [2.75, 3.05) is 0 Å². The molecule has 0 rings (SSSR count). The van der Waals surface area contributed by atoms with Crippen LogP contribution in [-0.2, 0) is 14.3 Å². The lowest BCUT2D eigenvalue weighted by Crippen LogP contribution is -2.31. The minimum absolute atomic E-state index is 0.232. The largest absolute Gasteiger partial charge is 0.462 e. The Morgan fingerprint density at radius 2 is 1.75 bits per heavy atom. The fourth-order valence-electron chi connectivity index (χ4n) is 1.46. The number of nitrogens with zero attached hydrogens (tertiary/aromatic N) is 1. The summed E-state index contributed by atoms with van der Waals surface area (Å²) in [5, 5.41) is 8.85. The Hall–Kier alpha value is -1.37. The smallest absolute Gasteiger partial charge is 0.331 e. The van der Waals surface area contributed by atoms with Crippen LogP contribution in [0, 0.1) is 23.2 Å².